The van der Waals surface area contributed by atoms with E-state index in [9.17, 15) is 0 Å². The second kappa shape index (κ2) is 7.14. The Balaban J connectivity index is 2.69. The molecule has 17 heavy (non-hydrogen) atoms. The molecule has 0 spiro atoms. The van der Waals surface area contributed by atoms with Crippen LogP contribution in [0.4, 0.5) is 0 Å². The zero-order valence-electron chi connectivity index (χ0n) is 12.0. The van der Waals surface area contributed by atoms with Gasteiger partial charge in [0.15, 0.2) is 0 Å². The van der Waals surface area contributed by atoms with Gasteiger partial charge in [0.2, 0.25) is 0 Å². The summed E-state index contributed by atoms with van der Waals surface area (Å²) in [6.07, 6.45) is 2.88. The van der Waals surface area contributed by atoms with Crippen LogP contribution in [0.2, 0.25) is 14.3 Å². The van der Waals surface area contributed by atoms with Gasteiger partial charge < -0.3 is 0 Å². The summed E-state index contributed by atoms with van der Waals surface area (Å²) >= 11 is -0.867. The third-order valence-corrected chi connectivity index (χ3v) is 10.1. The van der Waals surface area contributed by atoms with Crippen LogP contribution in [0.3, 0.4) is 0 Å². The molecular weight excluding hydrogens is 330 g/mol. The van der Waals surface area contributed by atoms with Crippen LogP contribution in [0.5, 0.6) is 0 Å². The van der Waals surface area contributed by atoms with Crippen LogP contribution in [-0.2, 0) is 0 Å². The van der Waals surface area contributed by atoms with Crippen molar-refractivity contribution in [2.75, 3.05) is 6.16 Å². The van der Waals surface area contributed by atoms with Crippen LogP contribution in [0.15, 0.2) is 30.3 Å². The normalized spacial score (nSPS) is 14.0. The van der Waals surface area contributed by atoms with Gasteiger partial charge in [0.25, 0.3) is 0 Å². The summed E-state index contributed by atoms with van der Waals surface area (Å²) in [6.45, 7) is 7.22. The summed E-state index contributed by atoms with van der Waals surface area (Å²) in [7, 11) is 0.00399. The van der Waals surface area contributed by atoms with E-state index >= 15 is 0 Å². The average molecular weight is 356 g/mol. The molecular formula is C15H26PSn. The van der Waals surface area contributed by atoms with Gasteiger partial charge in [-0.25, -0.2) is 0 Å². The standard InChI is InChI=1S/C13H20P.2CH3.Sn/c1-5-11-14(13(2,3)4)12-9-7-6-8-10-12;;;/h6-10H,1,5,11H2,2-4H3;2*1H3;. The average Bonchev–Trinajstić information content (AvgIpc) is 2.23. The third-order valence-electron chi connectivity index (χ3n) is 2.94. The van der Waals surface area contributed by atoms with Gasteiger partial charge in [0.1, 0.15) is 0 Å². The molecule has 0 aliphatic rings. The maximum absolute atomic E-state index is 2.52. The first-order valence-electron chi connectivity index (χ1n) is 6.53. The molecule has 0 saturated heterocycles. The summed E-state index contributed by atoms with van der Waals surface area (Å²) in [6, 6.07) is 11.2. The first kappa shape index (κ1) is 15.5. The van der Waals surface area contributed by atoms with Crippen LogP contribution in [-0.4, -0.2) is 31.1 Å². The monoisotopic (exact) mass is 357 g/mol. The van der Waals surface area contributed by atoms with Gasteiger partial charge in [-0.3, -0.25) is 0 Å². The summed E-state index contributed by atoms with van der Waals surface area (Å²) in [4.78, 5) is 5.04. The molecule has 0 N–H and O–H groups in total. The van der Waals surface area contributed by atoms with Gasteiger partial charge in [0, 0.05) is 0 Å². The Kier molecular flexibility index (Phi) is 6.51. The summed E-state index contributed by atoms with van der Waals surface area (Å²) in [5, 5.41) is 2.04. The molecule has 1 rings (SSSR count). The van der Waals surface area contributed by atoms with E-state index in [0.717, 1.165) is 0 Å². The maximum atomic E-state index is 2.52. The number of hydrogen-bond acceptors (Lipinski definition) is 0. The summed E-state index contributed by atoms with van der Waals surface area (Å²) in [5.74, 6) is 0. The van der Waals surface area contributed by atoms with Gasteiger partial charge in [-0.15, -0.1) is 0 Å². The second-order valence-electron chi connectivity index (χ2n) is 5.97. The Labute approximate surface area is 116 Å². The van der Waals surface area contributed by atoms with Crippen molar-refractivity contribution in [3.8, 4) is 0 Å². The molecule has 0 amide bonds. The van der Waals surface area contributed by atoms with E-state index in [2.05, 4.69) is 61.0 Å². The van der Waals surface area contributed by atoms with E-state index < -0.39 is 19.8 Å². The van der Waals surface area contributed by atoms with Crippen molar-refractivity contribution < 1.29 is 0 Å². The van der Waals surface area contributed by atoms with Crippen molar-refractivity contribution in [2.24, 2.45) is 0 Å². The van der Waals surface area contributed by atoms with E-state index in [1.807, 2.05) is 0 Å². The van der Waals surface area contributed by atoms with Crippen LogP contribution >= 0.6 is 7.92 Å². The first-order valence-corrected chi connectivity index (χ1v) is 15.8. The topological polar surface area (TPSA) is 0 Å². The molecule has 1 atom stereocenters. The Morgan fingerprint density at radius 1 is 1.06 bits per heavy atom. The van der Waals surface area contributed by atoms with Crippen molar-refractivity contribution in [1.29, 1.82) is 0 Å². The van der Waals surface area contributed by atoms with Crippen LogP contribution < -0.4 is 5.30 Å². The molecule has 1 radical (unpaired) electrons. The first-order chi connectivity index (χ1) is 7.91. The number of benzene rings is 1. The molecule has 0 saturated carbocycles. The molecule has 0 nitrogen and oxygen atoms in total. The van der Waals surface area contributed by atoms with Gasteiger partial charge in [-0.05, 0) is 0 Å². The zero-order valence-corrected chi connectivity index (χ0v) is 15.7. The molecule has 0 aliphatic carbocycles. The quantitative estimate of drug-likeness (QED) is 0.528. The predicted octanol–water partition coefficient (Wildman–Crippen LogP) is 4.74. The fraction of sp³-hybridized carbons (Fsp3) is 0.600. The molecule has 0 bridgehead atoms. The van der Waals surface area contributed by atoms with E-state index in [-0.39, 0.29) is 7.92 Å². The fourth-order valence-corrected chi connectivity index (χ4v) is 8.13. The number of hydrogen-bond donors (Lipinski definition) is 0. The van der Waals surface area contributed by atoms with Crippen molar-refractivity contribution in [2.45, 2.75) is 46.7 Å². The second-order valence-corrected chi connectivity index (χ2v) is 17.4. The van der Waals surface area contributed by atoms with Crippen molar-refractivity contribution in [3.63, 3.8) is 0 Å². The van der Waals surface area contributed by atoms with Gasteiger partial charge in [-0.2, -0.15) is 0 Å². The Bertz CT molecular complexity index is 313. The van der Waals surface area contributed by atoms with Crippen molar-refractivity contribution in [1.82, 2.24) is 0 Å². The van der Waals surface area contributed by atoms with Crippen molar-refractivity contribution in [3.05, 3.63) is 30.3 Å². The third kappa shape index (κ3) is 5.74. The summed E-state index contributed by atoms with van der Waals surface area (Å²) in [5.41, 5.74) is 0. The molecule has 0 fully saturated rings. The fourth-order valence-electron chi connectivity index (χ4n) is 2.05. The van der Waals surface area contributed by atoms with Crippen molar-refractivity contribution >= 4 is 33.0 Å². The minimum atomic E-state index is -0.867. The molecule has 95 valence electrons. The molecule has 2 heteroatoms. The molecule has 0 heterocycles. The van der Waals surface area contributed by atoms with Crippen LogP contribution in [0.25, 0.3) is 0 Å². The van der Waals surface area contributed by atoms with Gasteiger partial charge in [0.05, 0.1) is 0 Å². The zero-order chi connectivity index (χ0) is 12.9. The van der Waals surface area contributed by atoms with E-state index in [4.69, 9.17) is 0 Å². The minimum absolute atomic E-state index is 0.00399. The Morgan fingerprint density at radius 3 is 2.12 bits per heavy atom. The summed E-state index contributed by atoms with van der Waals surface area (Å²) < 4.78 is 1.56. The van der Waals surface area contributed by atoms with E-state index in [1.165, 1.54) is 12.6 Å². The molecule has 0 aromatic heterocycles. The van der Waals surface area contributed by atoms with Gasteiger partial charge >= 0.3 is 116 Å². The molecule has 1 aromatic carbocycles. The molecule has 1 aromatic rings. The van der Waals surface area contributed by atoms with E-state index in [0.29, 0.717) is 5.16 Å². The SMILES string of the molecule is [CH3][Sn]([CH3])[CH2]CCP(c1ccccc1)C(C)(C)C. The van der Waals surface area contributed by atoms with Gasteiger partial charge in [-0.1, -0.05) is 0 Å². The molecule has 1 unspecified atom stereocenters. The Hall–Kier alpha value is 0.449. The number of rotatable bonds is 5. The van der Waals surface area contributed by atoms with Crippen LogP contribution in [0.1, 0.15) is 27.2 Å². The predicted molar refractivity (Wildman–Crippen MR) is 84.5 cm³/mol. The van der Waals surface area contributed by atoms with Crippen LogP contribution in [0, 0.1) is 0 Å². The molecule has 0 aliphatic heterocycles. The van der Waals surface area contributed by atoms with E-state index in [1.54, 1.807) is 9.74 Å². The Morgan fingerprint density at radius 2 is 1.65 bits per heavy atom.